The Kier molecular flexibility index (Phi) is 7.56. The van der Waals surface area contributed by atoms with Crippen molar-refractivity contribution in [2.45, 2.75) is 69.7 Å². The van der Waals surface area contributed by atoms with E-state index in [-0.39, 0.29) is 24.2 Å². The van der Waals surface area contributed by atoms with Gasteiger partial charge in [0.2, 0.25) is 0 Å². The molecule has 0 aromatic heterocycles. The van der Waals surface area contributed by atoms with Crippen molar-refractivity contribution in [2.75, 3.05) is 20.8 Å². The highest BCUT2D eigenvalue weighted by atomic mass is 35.5. The van der Waals surface area contributed by atoms with Crippen molar-refractivity contribution in [1.29, 1.82) is 0 Å². The smallest absolute Gasteiger partial charge is 0.159 e. The molecule has 4 N–H and O–H groups in total. The molecule has 8 heteroatoms. The summed E-state index contributed by atoms with van der Waals surface area (Å²) in [6.45, 7) is 0.804. The summed E-state index contributed by atoms with van der Waals surface area (Å²) in [6, 6.07) is 0.136. The van der Waals surface area contributed by atoms with Gasteiger partial charge in [-0.25, -0.2) is 4.39 Å². The molecule has 2 heterocycles. The molecule has 0 aromatic rings. The zero-order valence-corrected chi connectivity index (χ0v) is 21.3. The van der Waals surface area contributed by atoms with Gasteiger partial charge in [0.1, 0.15) is 12.0 Å². The molecule has 0 saturated carbocycles. The van der Waals surface area contributed by atoms with Crippen LogP contribution in [0.3, 0.4) is 0 Å². The number of hydrogen-bond donors (Lipinski definition) is 4. The maximum absolute atomic E-state index is 13.9. The fraction of sp³-hybridized carbons (Fsp3) is 0.556. The van der Waals surface area contributed by atoms with Crippen molar-refractivity contribution < 1.29 is 13.9 Å². The standard InChI is InChI=1S/C27H36ClFN4O2/c1-34-24-7-3-6-19(25(24)35-2)16-8-11-23-20(13-16)27(31-18-9-10-22(29)21(28)14-18)33-26(32-23)17-5-4-12-30-15-17/h4-5,7,12,16,18,26-27,30-33H,3,6,8-11,13-15H2,1-2H3/t16?,18-,26?,27-/m0/s1. The molecule has 5 rings (SSSR count). The van der Waals surface area contributed by atoms with Gasteiger partial charge in [-0.2, -0.15) is 0 Å². The monoisotopic (exact) mass is 502 g/mol. The van der Waals surface area contributed by atoms with Crippen LogP contribution in [0.5, 0.6) is 0 Å². The number of rotatable bonds is 6. The Morgan fingerprint density at radius 2 is 1.97 bits per heavy atom. The van der Waals surface area contributed by atoms with E-state index < -0.39 is 0 Å². The molecule has 0 amide bonds. The van der Waals surface area contributed by atoms with Gasteiger partial charge in [0, 0.05) is 31.1 Å². The van der Waals surface area contributed by atoms with Crippen LogP contribution in [-0.2, 0) is 9.47 Å². The lowest BCUT2D eigenvalue weighted by atomic mass is 9.77. The van der Waals surface area contributed by atoms with E-state index in [4.69, 9.17) is 21.1 Å². The first-order chi connectivity index (χ1) is 17.1. The van der Waals surface area contributed by atoms with Crippen LogP contribution in [-0.4, -0.2) is 39.1 Å². The van der Waals surface area contributed by atoms with Crippen LogP contribution in [0.25, 0.3) is 0 Å². The molecule has 190 valence electrons. The SMILES string of the molecule is COC1=CCCC(C2CCC3=C(C2)[C@@H](N[C@H]2CCC(F)=C(Cl)C2)NC(C2=CC=CNC2)N3)=C1OC. The molecule has 0 fully saturated rings. The van der Waals surface area contributed by atoms with Crippen LogP contribution in [0.15, 0.2) is 69.2 Å². The van der Waals surface area contributed by atoms with E-state index in [0.717, 1.165) is 56.6 Å². The van der Waals surface area contributed by atoms with Crippen molar-refractivity contribution in [1.82, 2.24) is 21.3 Å². The Morgan fingerprint density at radius 1 is 1.09 bits per heavy atom. The molecule has 2 unspecified atom stereocenters. The molecule has 2 aliphatic heterocycles. The van der Waals surface area contributed by atoms with Gasteiger partial charge in [0.15, 0.2) is 11.5 Å². The van der Waals surface area contributed by atoms with Gasteiger partial charge in [-0.1, -0.05) is 17.7 Å². The first-order valence-corrected chi connectivity index (χ1v) is 13.1. The van der Waals surface area contributed by atoms with E-state index in [0.29, 0.717) is 23.8 Å². The zero-order chi connectivity index (χ0) is 24.4. The number of ether oxygens (including phenoxy) is 2. The normalized spacial score (nSPS) is 31.3. The quantitative estimate of drug-likeness (QED) is 0.421. The fourth-order valence-corrected chi connectivity index (χ4v) is 6.27. The summed E-state index contributed by atoms with van der Waals surface area (Å²) >= 11 is 6.21. The molecular weight excluding hydrogens is 467 g/mol. The Balaban J connectivity index is 1.41. The van der Waals surface area contributed by atoms with Gasteiger partial charge in [-0.05, 0) is 79.5 Å². The lowest BCUT2D eigenvalue weighted by molar-refractivity contribution is 0.206. The van der Waals surface area contributed by atoms with E-state index in [1.807, 2.05) is 12.3 Å². The van der Waals surface area contributed by atoms with E-state index >= 15 is 0 Å². The molecule has 4 atom stereocenters. The van der Waals surface area contributed by atoms with Gasteiger partial charge in [-0.15, -0.1) is 0 Å². The Bertz CT molecular complexity index is 1030. The van der Waals surface area contributed by atoms with Crippen LogP contribution in [0.2, 0.25) is 0 Å². The van der Waals surface area contributed by atoms with Gasteiger partial charge >= 0.3 is 0 Å². The summed E-state index contributed by atoms with van der Waals surface area (Å²) < 4.78 is 25.3. The van der Waals surface area contributed by atoms with E-state index in [1.54, 1.807) is 14.2 Å². The minimum absolute atomic E-state index is 0.00546. The van der Waals surface area contributed by atoms with Crippen molar-refractivity contribution in [3.8, 4) is 0 Å². The third kappa shape index (κ3) is 5.18. The highest BCUT2D eigenvalue weighted by Crippen LogP contribution is 2.42. The van der Waals surface area contributed by atoms with Crippen LogP contribution in [0.4, 0.5) is 4.39 Å². The number of allylic oxidation sites excluding steroid dienone is 6. The first-order valence-electron chi connectivity index (χ1n) is 12.7. The number of halogens is 2. The van der Waals surface area contributed by atoms with Crippen molar-refractivity contribution >= 4 is 11.6 Å². The van der Waals surface area contributed by atoms with Crippen LogP contribution in [0, 0.1) is 5.92 Å². The number of nitrogens with one attached hydrogen (secondary N) is 4. The second-order valence-electron chi connectivity index (χ2n) is 9.89. The zero-order valence-electron chi connectivity index (χ0n) is 20.6. The second-order valence-corrected chi connectivity index (χ2v) is 10.3. The van der Waals surface area contributed by atoms with E-state index in [1.165, 1.54) is 22.4 Å². The third-order valence-electron chi connectivity index (χ3n) is 7.81. The number of hydrogen-bond acceptors (Lipinski definition) is 6. The van der Waals surface area contributed by atoms with E-state index in [9.17, 15) is 4.39 Å². The van der Waals surface area contributed by atoms with E-state index in [2.05, 4.69) is 33.4 Å². The summed E-state index contributed by atoms with van der Waals surface area (Å²) in [6.07, 6.45) is 15.0. The molecule has 6 nitrogen and oxygen atoms in total. The van der Waals surface area contributed by atoms with Crippen LogP contribution >= 0.6 is 11.6 Å². The lowest BCUT2D eigenvalue weighted by Gasteiger charge is -2.44. The Hall–Kier alpha value is -2.22. The molecular formula is C27H36ClFN4O2. The van der Waals surface area contributed by atoms with Crippen molar-refractivity contribution in [3.05, 3.63) is 69.2 Å². The predicted octanol–water partition coefficient (Wildman–Crippen LogP) is 4.72. The predicted molar refractivity (Wildman–Crippen MR) is 137 cm³/mol. The van der Waals surface area contributed by atoms with Gasteiger partial charge in [0.05, 0.1) is 25.4 Å². The maximum atomic E-state index is 13.9. The second kappa shape index (κ2) is 10.8. The van der Waals surface area contributed by atoms with Crippen LogP contribution in [0.1, 0.15) is 51.4 Å². The molecule has 0 aromatic carbocycles. The molecule has 0 radical (unpaired) electrons. The molecule has 0 spiro atoms. The fourth-order valence-electron chi connectivity index (χ4n) is 5.99. The molecule has 0 saturated heterocycles. The summed E-state index contributed by atoms with van der Waals surface area (Å²) in [4.78, 5) is 0. The lowest BCUT2D eigenvalue weighted by Crippen LogP contribution is -2.61. The van der Waals surface area contributed by atoms with Crippen LogP contribution < -0.4 is 21.3 Å². The topological polar surface area (TPSA) is 66.6 Å². The van der Waals surface area contributed by atoms with Gasteiger partial charge < -0.3 is 20.1 Å². The highest BCUT2D eigenvalue weighted by molar-refractivity contribution is 6.29. The molecule has 35 heavy (non-hydrogen) atoms. The Labute approximate surface area is 212 Å². The number of dihydropyridines is 1. The first kappa shape index (κ1) is 24.5. The van der Waals surface area contributed by atoms with Crippen molar-refractivity contribution in [3.63, 3.8) is 0 Å². The summed E-state index contributed by atoms with van der Waals surface area (Å²) in [5, 5.41) is 15.1. The summed E-state index contributed by atoms with van der Waals surface area (Å²) in [7, 11) is 3.44. The average Bonchev–Trinajstić information content (AvgIpc) is 2.90. The highest BCUT2D eigenvalue weighted by Gasteiger charge is 2.37. The van der Waals surface area contributed by atoms with Gasteiger partial charge in [0.25, 0.3) is 0 Å². The minimum Gasteiger partial charge on any atom is -0.493 e. The van der Waals surface area contributed by atoms with Gasteiger partial charge in [-0.3, -0.25) is 10.6 Å². The summed E-state index contributed by atoms with van der Waals surface area (Å²) in [5.41, 5.74) is 5.31. The number of methoxy groups -OCH3 is 2. The summed E-state index contributed by atoms with van der Waals surface area (Å²) in [5.74, 6) is 1.98. The molecule has 3 aliphatic carbocycles. The maximum Gasteiger partial charge on any atom is 0.159 e. The largest absolute Gasteiger partial charge is 0.493 e. The molecule has 5 aliphatic rings. The Morgan fingerprint density at radius 3 is 2.71 bits per heavy atom. The van der Waals surface area contributed by atoms with Crippen molar-refractivity contribution in [2.24, 2.45) is 5.92 Å². The average molecular weight is 503 g/mol. The minimum atomic E-state index is -0.165. The molecule has 0 bridgehead atoms. The third-order valence-corrected chi connectivity index (χ3v) is 8.17.